The number of rotatable bonds is 4. The quantitative estimate of drug-likeness (QED) is 0.385. The van der Waals surface area contributed by atoms with Gasteiger partial charge < -0.3 is 9.16 Å². The van der Waals surface area contributed by atoms with Gasteiger partial charge in [0.25, 0.3) is 8.32 Å². The van der Waals surface area contributed by atoms with Crippen LogP contribution in [0, 0.1) is 0 Å². The Kier molecular flexibility index (Phi) is 6.70. The molecule has 0 spiro atoms. The Morgan fingerprint density at radius 3 is 1.46 bits per heavy atom. The van der Waals surface area contributed by atoms with E-state index >= 15 is 0 Å². The number of hydrogen-bond donors (Lipinski definition) is 0. The van der Waals surface area contributed by atoms with Gasteiger partial charge in [-0.15, -0.1) is 0 Å². The van der Waals surface area contributed by atoms with Crippen LogP contribution in [0.15, 0.2) is 12.2 Å². The number of hydrogen-bond acceptors (Lipinski definition) is 4. The van der Waals surface area contributed by atoms with Crippen molar-refractivity contribution >= 4 is 20.3 Å². The van der Waals surface area contributed by atoms with Crippen molar-refractivity contribution in [2.75, 3.05) is 0 Å². The Labute approximate surface area is 149 Å². The topological polar surface area (TPSA) is 52.6 Å². The highest BCUT2D eigenvalue weighted by Gasteiger charge is 2.64. The number of carbonyl (C=O) groups is 2. The molecule has 0 rings (SSSR count). The zero-order valence-electron chi connectivity index (χ0n) is 17.4. The minimum atomic E-state index is -2.67. The minimum absolute atomic E-state index is 0.183. The highest BCUT2D eigenvalue weighted by Crippen LogP contribution is 2.62. The summed E-state index contributed by atoms with van der Waals surface area (Å²) in [6.45, 7) is 25.8. The van der Waals surface area contributed by atoms with Crippen LogP contribution in [0.25, 0.3) is 0 Å². The van der Waals surface area contributed by atoms with E-state index in [1.807, 2.05) is 0 Å². The van der Waals surface area contributed by atoms with Gasteiger partial charge in [0, 0.05) is 5.57 Å². The molecule has 0 aromatic heterocycles. The predicted octanol–water partition coefficient (Wildman–Crippen LogP) is 5.38. The van der Waals surface area contributed by atoms with Crippen molar-refractivity contribution < 1.29 is 18.8 Å². The standard InChI is InChI=1S/C19H36O4Si/c1-13(2)15(20)22-14(3)16(21)23-24(17(4,5)6,18(7,8)9)19(10,11)12/h14H,1H2,2-12H3. The first-order valence-electron chi connectivity index (χ1n) is 8.48. The van der Waals surface area contributed by atoms with E-state index in [0.29, 0.717) is 0 Å². The Balaban J connectivity index is 5.86. The fourth-order valence-electron chi connectivity index (χ4n) is 4.38. The van der Waals surface area contributed by atoms with Crippen LogP contribution in [0.1, 0.15) is 76.2 Å². The molecule has 0 saturated heterocycles. The second-order valence-corrected chi connectivity index (χ2v) is 15.7. The molecule has 4 nitrogen and oxygen atoms in total. The van der Waals surface area contributed by atoms with Gasteiger partial charge in [-0.05, 0) is 29.0 Å². The maximum atomic E-state index is 12.8. The summed E-state index contributed by atoms with van der Waals surface area (Å²) in [6, 6.07) is 0. The molecular weight excluding hydrogens is 320 g/mol. The van der Waals surface area contributed by atoms with Crippen LogP contribution in [-0.2, 0) is 18.8 Å². The minimum Gasteiger partial charge on any atom is -0.515 e. The van der Waals surface area contributed by atoms with Crippen LogP contribution < -0.4 is 0 Å². The Morgan fingerprint density at radius 2 is 1.21 bits per heavy atom. The molecule has 140 valence electrons. The molecule has 0 aliphatic heterocycles. The van der Waals surface area contributed by atoms with E-state index in [0.717, 1.165) is 0 Å². The molecule has 0 amide bonds. The molecule has 0 saturated carbocycles. The molecule has 24 heavy (non-hydrogen) atoms. The molecular formula is C19H36O4Si. The molecule has 1 atom stereocenters. The summed E-state index contributed by atoms with van der Waals surface area (Å²) in [4.78, 5) is 24.5. The Hall–Kier alpha value is -1.10. The first kappa shape index (κ1) is 22.9. The van der Waals surface area contributed by atoms with Crippen LogP contribution >= 0.6 is 0 Å². The summed E-state index contributed by atoms with van der Waals surface area (Å²) in [5.74, 6) is -1.05. The second kappa shape index (κ2) is 7.02. The zero-order valence-corrected chi connectivity index (χ0v) is 18.4. The normalized spacial score (nSPS) is 14.8. The van der Waals surface area contributed by atoms with Gasteiger partial charge in [0.15, 0.2) is 6.10 Å². The van der Waals surface area contributed by atoms with Crippen molar-refractivity contribution in [3.05, 3.63) is 12.2 Å². The summed E-state index contributed by atoms with van der Waals surface area (Å²) < 4.78 is 11.4. The smallest absolute Gasteiger partial charge is 0.333 e. The van der Waals surface area contributed by atoms with Crippen molar-refractivity contribution in [2.45, 2.75) is 97.4 Å². The average molecular weight is 357 g/mol. The molecule has 0 fully saturated rings. The fraction of sp³-hybridized carbons (Fsp3) is 0.789. The van der Waals surface area contributed by atoms with Gasteiger partial charge in [-0.25, -0.2) is 9.59 Å². The molecule has 0 radical (unpaired) electrons. The van der Waals surface area contributed by atoms with Crippen LogP contribution in [0.2, 0.25) is 15.1 Å². The van der Waals surface area contributed by atoms with Crippen LogP contribution in [-0.4, -0.2) is 26.4 Å². The van der Waals surface area contributed by atoms with E-state index < -0.39 is 26.4 Å². The number of carbonyl (C=O) groups excluding carboxylic acids is 2. The first-order valence-corrected chi connectivity index (χ1v) is 10.4. The fourth-order valence-corrected chi connectivity index (χ4v) is 12.5. The van der Waals surface area contributed by atoms with Gasteiger partial charge >= 0.3 is 11.9 Å². The van der Waals surface area contributed by atoms with Crippen molar-refractivity contribution in [1.82, 2.24) is 0 Å². The monoisotopic (exact) mass is 356 g/mol. The van der Waals surface area contributed by atoms with E-state index in [1.54, 1.807) is 13.8 Å². The summed E-state index contributed by atoms with van der Waals surface area (Å²) in [6.07, 6.45) is -0.951. The second-order valence-electron chi connectivity index (χ2n) is 9.68. The maximum Gasteiger partial charge on any atom is 0.333 e. The van der Waals surface area contributed by atoms with Gasteiger partial charge in [0.05, 0.1) is 0 Å². The van der Waals surface area contributed by atoms with Crippen LogP contribution in [0.4, 0.5) is 0 Å². The largest absolute Gasteiger partial charge is 0.515 e. The summed E-state index contributed by atoms with van der Waals surface area (Å²) >= 11 is 0. The summed E-state index contributed by atoms with van der Waals surface area (Å²) in [5, 5.41) is -0.550. The number of esters is 1. The third-order valence-corrected chi connectivity index (χ3v) is 11.2. The van der Waals surface area contributed by atoms with E-state index in [-0.39, 0.29) is 20.7 Å². The van der Waals surface area contributed by atoms with E-state index in [2.05, 4.69) is 68.9 Å². The van der Waals surface area contributed by atoms with Crippen molar-refractivity contribution in [1.29, 1.82) is 0 Å². The third-order valence-electron chi connectivity index (χ3n) is 4.39. The maximum absolute atomic E-state index is 12.8. The Bertz CT molecular complexity index is 465. The van der Waals surface area contributed by atoms with Gasteiger partial charge in [-0.3, -0.25) is 0 Å². The molecule has 0 aliphatic carbocycles. The van der Waals surface area contributed by atoms with E-state index in [1.165, 1.54) is 0 Å². The van der Waals surface area contributed by atoms with Gasteiger partial charge in [-0.2, -0.15) is 0 Å². The van der Waals surface area contributed by atoms with Crippen molar-refractivity contribution in [3.8, 4) is 0 Å². The first-order chi connectivity index (χ1) is 10.4. The highest BCUT2D eigenvalue weighted by atomic mass is 28.4. The lowest BCUT2D eigenvalue weighted by atomic mass is 10.2. The molecule has 5 heteroatoms. The Morgan fingerprint density at radius 1 is 0.875 bits per heavy atom. The lowest BCUT2D eigenvalue weighted by Crippen LogP contribution is -2.62. The number of ether oxygens (including phenoxy) is 1. The third kappa shape index (κ3) is 4.50. The van der Waals surface area contributed by atoms with Crippen molar-refractivity contribution in [3.63, 3.8) is 0 Å². The molecule has 0 bridgehead atoms. The van der Waals surface area contributed by atoms with E-state index in [9.17, 15) is 9.59 Å². The molecule has 1 unspecified atom stereocenters. The lowest BCUT2D eigenvalue weighted by molar-refractivity contribution is -0.159. The average Bonchev–Trinajstić information content (AvgIpc) is 2.30. The molecule has 0 aliphatic rings. The molecule has 0 aromatic carbocycles. The molecule has 0 N–H and O–H groups in total. The zero-order chi connectivity index (χ0) is 19.7. The van der Waals surface area contributed by atoms with Gasteiger partial charge in [0.1, 0.15) is 0 Å². The highest BCUT2D eigenvalue weighted by molar-refractivity contribution is 6.83. The summed E-state index contributed by atoms with van der Waals surface area (Å²) in [5.41, 5.74) is 0.264. The van der Waals surface area contributed by atoms with Gasteiger partial charge in [0.2, 0.25) is 0 Å². The van der Waals surface area contributed by atoms with Crippen molar-refractivity contribution in [2.24, 2.45) is 0 Å². The lowest BCUT2D eigenvalue weighted by Gasteiger charge is -2.56. The van der Waals surface area contributed by atoms with Gasteiger partial charge in [-0.1, -0.05) is 68.9 Å². The summed E-state index contributed by atoms with van der Waals surface area (Å²) in [7, 11) is -2.67. The van der Waals surface area contributed by atoms with Crippen LogP contribution in [0.3, 0.4) is 0 Å². The SMILES string of the molecule is C=C(C)C(=O)OC(C)C(=O)O[Si](C(C)(C)C)(C(C)(C)C)C(C)(C)C. The van der Waals surface area contributed by atoms with Crippen LogP contribution in [0.5, 0.6) is 0 Å². The molecule has 0 heterocycles. The predicted molar refractivity (Wildman–Crippen MR) is 101 cm³/mol. The molecule has 0 aromatic rings. The van der Waals surface area contributed by atoms with E-state index in [4.69, 9.17) is 9.16 Å².